The molecule has 0 spiro atoms. The van der Waals surface area contributed by atoms with Crippen LogP contribution >= 0.6 is 0 Å². The van der Waals surface area contributed by atoms with Crippen LogP contribution in [0.25, 0.3) is 0 Å². The molecule has 3 rings (SSSR count). The Morgan fingerprint density at radius 3 is 2.41 bits per heavy atom. The van der Waals surface area contributed by atoms with Crippen LogP contribution in [-0.2, 0) is 32.1 Å². The average molecular weight is 468 g/mol. The third-order valence-corrected chi connectivity index (χ3v) is 5.71. The first-order chi connectivity index (χ1) is 16.4. The van der Waals surface area contributed by atoms with Crippen LogP contribution in [0.3, 0.4) is 0 Å². The average Bonchev–Trinajstić information content (AvgIpc) is 3.00. The summed E-state index contributed by atoms with van der Waals surface area (Å²) in [6.45, 7) is 5.35. The number of hydrogen-bond donors (Lipinski definition) is 0. The highest BCUT2D eigenvalue weighted by molar-refractivity contribution is 5.96. The van der Waals surface area contributed by atoms with Crippen molar-refractivity contribution in [2.45, 2.75) is 39.4 Å². The first kappa shape index (κ1) is 25.4. The van der Waals surface area contributed by atoms with E-state index in [0.717, 1.165) is 12.0 Å². The van der Waals surface area contributed by atoms with E-state index in [-0.39, 0.29) is 50.4 Å². The number of pyridine rings is 1. The van der Waals surface area contributed by atoms with Crippen LogP contribution in [-0.4, -0.2) is 72.0 Å². The molecule has 182 valence electrons. The normalized spacial score (nSPS) is 16.5. The van der Waals surface area contributed by atoms with E-state index in [2.05, 4.69) is 18.8 Å². The van der Waals surface area contributed by atoms with Crippen molar-refractivity contribution in [1.29, 1.82) is 0 Å². The predicted octanol–water partition coefficient (Wildman–Crippen LogP) is 2.71. The summed E-state index contributed by atoms with van der Waals surface area (Å²) in [5.41, 5.74) is 2.66. The fourth-order valence-electron chi connectivity index (χ4n) is 3.91. The lowest BCUT2D eigenvalue weighted by Crippen LogP contribution is -2.40. The Morgan fingerprint density at radius 1 is 1.06 bits per heavy atom. The van der Waals surface area contributed by atoms with Crippen molar-refractivity contribution in [1.82, 2.24) is 14.8 Å². The first-order valence-electron chi connectivity index (χ1n) is 11.6. The van der Waals surface area contributed by atoms with Gasteiger partial charge in [0.05, 0.1) is 26.2 Å². The van der Waals surface area contributed by atoms with Crippen molar-refractivity contribution in [2.75, 3.05) is 33.3 Å². The van der Waals surface area contributed by atoms with Crippen molar-refractivity contribution in [3.05, 3.63) is 65.5 Å². The molecule has 0 radical (unpaired) electrons. The lowest BCUT2D eigenvalue weighted by atomic mass is 10.0. The van der Waals surface area contributed by atoms with E-state index in [9.17, 15) is 14.4 Å². The van der Waals surface area contributed by atoms with E-state index in [1.54, 1.807) is 17.3 Å². The zero-order valence-electron chi connectivity index (χ0n) is 20.1. The number of nitrogens with zero attached hydrogens (tertiary/aromatic N) is 3. The van der Waals surface area contributed by atoms with Gasteiger partial charge in [0, 0.05) is 37.6 Å². The minimum Gasteiger partial charge on any atom is -0.469 e. The summed E-state index contributed by atoms with van der Waals surface area (Å²) in [4.78, 5) is 45.0. The maximum Gasteiger partial charge on any atom is 0.307 e. The maximum absolute atomic E-state index is 13.3. The molecule has 8 nitrogen and oxygen atoms in total. The lowest BCUT2D eigenvalue weighted by Gasteiger charge is -2.24. The largest absolute Gasteiger partial charge is 0.469 e. The Kier molecular flexibility index (Phi) is 9.16. The molecule has 2 amide bonds. The number of methoxy groups -OCH3 is 1. The van der Waals surface area contributed by atoms with E-state index < -0.39 is 6.10 Å². The third-order valence-electron chi connectivity index (χ3n) is 5.71. The van der Waals surface area contributed by atoms with E-state index in [0.29, 0.717) is 18.1 Å². The Morgan fingerprint density at radius 2 is 1.76 bits per heavy atom. The highest BCUT2D eigenvalue weighted by Gasteiger charge is 2.31. The SMILES string of the molecule is COC(=O)CCN1CC(OCc2ccncc2)CN(C(=O)c2ccc(CC(C)C)cc2)CC1=O. The molecule has 0 aliphatic carbocycles. The van der Waals surface area contributed by atoms with Crippen molar-refractivity contribution in [2.24, 2.45) is 5.92 Å². The number of rotatable bonds is 9. The summed E-state index contributed by atoms with van der Waals surface area (Å²) in [6.07, 6.45) is 4.01. The van der Waals surface area contributed by atoms with Crippen LogP contribution in [0.15, 0.2) is 48.8 Å². The second-order valence-corrected chi connectivity index (χ2v) is 8.93. The van der Waals surface area contributed by atoms with Gasteiger partial charge in [0.25, 0.3) is 5.91 Å². The lowest BCUT2D eigenvalue weighted by molar-refractivity contribution is -0.142. The fourth-order valence-corrected chi connectivity index (χ4v) is 3.91. The summed E-state index contributed by atoms with van der Waals surface area (Å²) < 4.78 is 10.8. The van der Waals surface area contributed by atoms with E-state index in [1.165, 1.54) is 17.6 Å². The van der Waals surface area contributed by atoms with Gasteiger partial charge in [0.1, 0.15) is 6.54 Å². The van der Waals surface area contributed by atoms with Crippen LogP contribution in [0, 0.1) is 5.92 Å². The molecule has 1 aliphatic heterocycles. The molecule has 0 saturated carbocycles. The number of benzene rings is 1. The topological polar surface area (TPSA) is 89.0 Å². The smallest absolute Gasteiger partial charge is 0.307 e. The molecule has 0 bridgehead atoms. The molecule has 0 N–H and O–H groups in total. The number of ether oxygens (including phenoxy) is 2. The van der Waals surface area contributed by atoms with Gasteiger partial charge in [-0.1, -0.05) is 26.0 Å². The number of carbonyl (C=O) groups excluding carboxylic acids is 3. The first-order valence-corrected chi connectivity index (χ1v) is 11.6. The maximum atomic E-state index is 13.3. The number of amides is 2. The fraction of sp³-hybridized carbons (Fsp3) is 0.462. The zero-order valence-corrected chi connectivity index (χ0v) is 20.1. The van der Waals surface area contributed by atoms with Crippen molar-refractivity contribution in [3.8, 4) is 0 Å². The molecular formula is C26H33N3O5. The van der Waals surface area contributed by atoms with Crippen molar-refractivity contribution >= 4 is 17.8 Å². The third kappa shape index (κ3) is 7.38. The molecule has 34 heavy (non-hydrogen) atoms. The van der Waals surface area contributed by atoms with Gasteiger partial charge in [-0.2, -0.15) is 0 Å². The van der Waals surface area contributed by atoms with Crippen LogP contribution < -0.4 is 0 Å². The van der Waals surface area contributed by atoms with Gasteiger partial charge in [-0.15, -0.1) is 0 Å². The molecule has 2 aromatic rings. The molecule has 2 heterocycles. The highest BCUT2D eigenvalue weighted by Crippen LogP contribution is 2.16. The van der Waals surface area contributed by atoms with Crippen LogP contribution in [0.1, 0.15) is 41.8 Å². The number of hydrogen-bond acceptors (Lipinski definition) is 6. The molecule has 1 aromatic heterocycles. The van der Waals surface area contributed by atoms with Crippen LogP contribution in [0.2, 0.25) is 0 Å². The molecular weight excluding hydrogens is 434 g/mol. The van der Waals surface area contributed by atoms with Gasteiger partial charge in [0.2, 0.25) is 5.91 Å². The van der Waals surface area contributed by atoms with Gasteiger partial charge >= 0.3 is 5.97 Å². The quantitative estimate of drug-likeness (QED) is 0.527. The Balaban J connectivity index is 1.74. The van der Waals surface area contributed by atoms with E-state index >= 15 is 0 Å². The standard InChI is InChI=1S/C26H33N3O5/c1-19(2)14-20-4-6-22(7-5-20)26(32)29-16-23(34-18-21-8-11-27-12-9-21)15-28(24(30)17-29)13-10-25(31)33-3/h4-9,11-12,19,23H,10,13-18H2,1-3H3. The molecule has 1 fully saturated rings. The highest BCUT2D eigenvalue weighted by atomic mass is 16.5. The number of esters is 1. The van der Waals surface area contributed by atoms with Gasteiger partial charge < -0.3 is 19.3 Å². The van der Waals surface area contributed by atoms with Crippen molar-refractivity contribution in [3.63, 3.8) is 0 Å². The summed E-state index contributed by atoms with van der Waals surface area (Å²) in [5, 5.41) is 0. The second-order valence-electron chi connectivity index (χ2n) is 8.93. The minimum absolute atomic E-state index is 0.0666. The summed E-state index contributed by atoms with van der Waals surface area (Å²) in [6, 6.07) is 11.3. The van der Waals surface area contributed by atoms with Gasteiger partial charge in [-0.05, 0) is 47.7 Å². The Bertz CT molecular complexity index is 962. The van der Waals surface area contributed by atoms with Gasteiger partial charge in [-0.25, -0.2) is 0 Å². The van der Waals surface area contributed by atoms with Gasteiger partial charge in [0.15, 0.2) is 0 Å². The van der Waals surface area contributed by atoms with E-state index in [1.807, 2.05) is 36.4 Å². The summed E-state index contributed by atoms with van der Waals surface area (Å²) in [5.74, 6) is -0.291. The second kappa shape index (κ2) is 12.3. The Hall–Kier alpha value is -3.26. The molecule has 1 saturated heterocycles. The molecule has 1 aliphatic rings. The number of carbonyl (C=O) groups is 3. The molecule has 1 unspecified atom stereocenters. The molecule has 1 aromatic carbocycles. The van der Waals surface area contributed by atoms with E-state index in [4.69, 9.17) is 9.47 Å². The van der Waals surface area contributed by atoms with Crippen molar-refractivity contribution < 1.29 is 23.9 Å². The monoisotopic (exact) mass is 467 g/mol. The molecule has 8 heteroatoms. The Labute approximate surface area is 200 Å². The number of aromatic nitrogens is 1. The zero-order chi connectivity index (χ0) is 24.5. The predicted molar refractivity (Wildman–Crippen MR) is 127 cm³/mol. The summed E-state index contributed by atoms with van der Waals surface area (Å²) >= 11 is 0. The minimum atomic E-state index is -0.401. The van der Waals surface area contributed by atoms with Gasteiger partial charge in [-0.3, -0.25) is 19.4 Å². The van der Waals surface area contributed by atoms with Crippen LogP contribution in [0.5, 0.6) is 0 Å². The molecule has 1 atom stereocenters. The summed E-state index contributed by atoms with van der Waals surface area (Å²) in [7, 11) is 1.32. The van der Waals surface area contributed by atoms with Crippen LogP contribution in [0.4, 0.5) is 0 Å².